The highest BCUT2D eigenvalue weighted by molar-refractivity contribution is 4.93. The number of hydrogen-bond acceptors (Lipinski definition) is 3. The number of aromatic nitrogens is 3. The number of aryl methyl sites for hydroxylation is 1. The van der Waals surface area contributed by atoms with E-state index >= 15 is 0 Å². The predicted molar refractivity (Wildman–Crippen MR) is 70.9 cm³/mol. The molecule has 17 heavy (non-hydrogen) atoms. The first-order valence-electron chi connectivity index (χ1n) is 6.53. The number of hydrogen-bond donors (Lipinski definition) is 1. The van der Waals surface area contributed by atoms with Crippen LogP contribution in [0.15, 0.2) is 6.33 Å². The molecule has 1 aromatic rings. The van der Waals surface area contributed by atoms with E-state index in [0.717, 1.165) is 18.8 Å². The zero-order valence-corrected chi connectivity index (χ0v) is 11.8. The van der Waals surface area contributed by atoms with Crippen molar-refractivity contribution in [3.63, 3.8) is 0 Å². The van der Waals surface area contributed by atoms with Gasteiger partial charge in [-0.3, -0.25) is 4.68 Å². The molecule has 0 aliphatic rings. The van der Waals surface area contributed by atoms with Crippen molar-refractivity contribution in [2.45, 2.75) is 53.0 Å². The minimum atomic E-state index is 0.264. The van der Waals surface area contributed by atoms with Gasteiger partial charge in [0.2, 0.25) is 0 Å². The third-order valence-electron chi connectivity index (χ3n) is 3.18. The second-order valence-corrected chi connectivity index (χ2v) is 5.57. The van der Waals surface area contributed by atoms with Crippen LogP contribution in [0, 0.1) is 5.41 Å². The fourth-order valence-electron chi connectivity index (χ4n) is 2.16. The second kappa shape index (κ2) is 6.15. The van der Waals surface area contributed by atoms with Crippen LogP contribution in [-0.2, 0) is 13.5 Å². The Balaban J connectivity index is 2.67. The third-order valence-corrected chi connectivity index (χ3v) is 3.18. The quantitative estimate of drug-likeness (QED) is 0.791. The molecule has 0 aromatic carbocycles. The second-order valence-electron chi connectivity index (χ2n) is 5.57. The molecule has 1 unspecified atom stereocenters. The molecule has 1 aromatic heterocycles. The lowest BCUT2D eigenvalue weighted by atomic mass is 9.81. The highest BCUT2D eigenvalue weighted by atomic mass is 15.3. The lowest BCUT2D eigenvalue weighted by Crippen LogP contribution is -2.37. The highest BCUT2D eigenvalue weighted by Crippen LogP contribution is 2.26. The molecule has 0 spiro atoms. The molecule has 0 aliphatic carbocycles. The normalized spacial score (nSPS) is 15.2. The summed E-state index contributed by atoms with van der Waals surface area (Å²) in [5.41, 5.74) is 0.264. The molecule has 0 fully saturated rings. The maximum atomic E-state index is 4.33. The number of nitrogens with zero attached hydrogens (tertiary/aromatic N) is 3. The van der Waals surface area contributed by atoms with Gasteiger partial charge in [0.25, 0.3) is 0 Å². The lowest BCUT2D eigenvalue weighted by molar-refractivity contribution is 0.259. The van der Waals surface area contributed by atoms with Crippen LogP contribution in [0.1, 0.15) is 46.4 Å². The van der Waals surface area contributed by atoms with Crippen LogP contribution in [0.2, 0.25) is 0 Å². The molecule has 4 nitrogen and oxygen atoms in total. The van der Waals surface area contributed by atoms with Crippen molar-refractivity contribution in [2.24, 2.45) is 12.5 Å². The molecule has 1 atom stereocenters. The van der Waals surface area contributed by atoms with Crippen LogP contribution in [0.25, 0.3) is 0 Å². The first kappa shape index (κ1) is 14.2. The summed E-state index contributed by atoms with van der Waals surface area (Å²) in [5, 5.41) is 7.69. The summed E-state index contributed by atoms with van der Waals surface area (Å²) in [6, 6.07) is 0.533. The summed E-state index contributed by atoms with van der Waals surface area (Å²) in [5.74, 6) is 1.08. The van der Waals surface area contributed by atoms with Gasteiger partial charge in [-0.05, 0) is 11.8 Å². The van der Waals surface area contributed by atoms with Gasteiger partial charge in [-0.25, -0.2) is 4.98 Å². The monoisotopic (exact) mass is 238 g/mol. The van der Waals surface area contributed by atoms with E-state index in [-0.39, 0.29) is 5.41 Å². The summed E-state index contributed by atoms with van der Waals surface area (Å²) < 4.78 is 1.88. The van der Waals surface area contributed by atoms with Crippen molar-refractivity contribution in [1.82, 2.24) is 20.1 Å². The van der Waals surface area contributed by atoms with E-state index in [1.54, 1.807) is 6.33 Å². The van der Waals surface area contributed by atoms with Crippen LogP contribution < -0.4 is 5.32 Å². The molecule has 4 heteroatoms. The Bertz CT molecular complexity index is 332. The van der Waals surface area contributed by atoms with Crippen LogP contribution in [0.3, 0.4) is 0 Å². The molecule has 1 rings (SSSR count). The largest absolute Gasteiger partial charge is 0.314 e. The van der Waals surface area contributed by atoms with Gasteiger partial charge >= 0.3 is 0 Å². The Kier molecular flexibility index (Phi) is 5.12. The smallest absolute Gasteiger partial charge is 0.138 e. The molecule has 0 amide bonds. The average Bonchev–Trinajstić information content (AvgIpc) is 2.62. The van der Waals surface area contributed by atoms with Crippen molar-refractivity contribution >= 4 is 0 Å². The third kappa shape index (κ3) is 4.46. The summed E-state index contributed by atoms with van der Waals surface area (Å²) in [7, 11) is 1.96. The Morgan fingerprint density at radius 3 is 2.65 bits per heavy atom. The maximum Gasteiger partial charge on any atom is 0.138 e. The van der Waals surface area contributed by atoms with Crippen LogP contribution in [0.4, 0.5) is 0 Å². The Morgan fingerprint density at radius 1 is 1.47 bits per heavy atom. The minimum absolute atomic E-state index is 0.264. The Hall–Kier alpha value is -0.900. The fourth-order valence-corrected chi connectivity index (χ4v) is 2.16. The molecular formula is C13H26N4. The molecule has 1 heterocycles. The number of rotatable bonds is 7. The van der Waals surface area contributed by atoms with E-state index in [9.17, 15) is 0 Å². The van der Waals surface area contributed by atoms with Gasteiger partial charge in [0, 0.05) is 26.1 Å². The minimum Gasteiger partial charge on any atom is -0.314 e. The molecule has 0 saturated heterocycles. The molecule has 0 aliphatic heterocycles. The summed E-state index contributed by atoms with van der Waals surface area (Å²) in [4.78, 5) is 4.33. The topological polar surface area (TPSA) is 42.7 Å². The molecule has 0 saturated carbocycles. The van der Waals surface area contributed by atoms with E-state index in [1.165, 1.54) is 12.8 Å². The van der Waals surface area contributed by atoms with Crippen LogP contribution in [0.5, 0.6) is 0 Å². The van der Waals surface area contributed by atoms with Crippen molar-refractivity contribution in [2.75, 3.05) is 6.54 Å². The van der Waals surface area contributed by atoms with Gasteiger partial charge < -0.3 is 5.32 Å². The van der Waals surface area contributed by atoms with E-state index in [1.807, 2.05) is 11.7 Å². The SMILES string of the molecule is CCCC(C)(CNC(C)C)Cc1ncnn1C. The zero-order valence-electron chi connectivity index (χ0n) is 11.8. The summed E-state index contributed by atoms with van der Waals surface area (Å²) >= 11 is 0. The number of nitrogens with one attached hydrogen (secondary N) is 1. The van der Waals surface area contributed by atoms with Gasteiger partial charge in [0.15, 0.2) is 0 Å². The van der Waals surface area contributed by atoms with E-state index in [4.69, 9.17) is 0 Å². The first-order valence-corrected chi connectivity index (χ1v) is 6.53. The van der Waals surface area contributed by atoms with Crippen molar-refractivity contribution in [3.05, 3.63) is 12.2 Å². The van der Waals surface area contributed by atoms with Crippen molar-refractivity contribution < 1.29 is 0 Å². The van der Waals surface area contributed by atoms with Crippen LogP contribution in [-0.4, -0.2) is 27.4 Å². The van der Waals surface area contributed by atoms with Gasteiger partial charge in [-0.1, -0.05) is 34.1 Å². The average molecular weight is 238 g/mol. The van der Waals surface area contributed by atoms with Crippen LogP contribution >= 0.6 is 0 Å². The standard InChI is InChI=1S/C13H26N4/c1-6-7-13(4,9-14-11(2)3)8-12-15-10-16-17(12)5/h10-11,14H,6-9H2,1-5H3. The van der Waals surface area contributed by atoms with Crippen molar-refractivity contribution in [3.8, 4) is 0 Å². The molecule has 1 N–H and O–H groups in total. The summed E-state index contributed by atoms with van der Waals surface area (Å²) in [6.45, 7) is 9.99. The van der Waals surface area contributed by atoms with Gasteiger partial charge in [0.1, 0.15) is 12.2 Å². The molecule has 98 valence electrons. The highest BCUT2D eigenvalue weighted by Gasteiger charge is 2.25. The Labute approximate surface area is 105 Å². The maximum absolute atomic E-state index is 4.33. The first-order chi connectivity index (χ1) is 7.97. The van der Waals surface area contributed by atoms with E-state index in [2.05, 4.69) is 43.1 Å². The van der Waals surface area contributed by atoms with E-state index < -0.39 is 0 Å². The van der Waals surface area contributed by atoms with Gasteiger partial charge in [-0.2, -0.15) is 5.10 Å². The lowest BCUT2D eigenvalue weighted by Gasteiger charge is -2.30. The van der Waals surface area contributed by atoms with Crippen molar-refractivity contribution in [1.29, 1.82) is 0 Å². The van der Waals surface area contributed by atoms with Gasteiger partial charge in [-0.15, -0.1) is 0 Å². The Morgan fingerprint density at radius 2 is 2.18 bits per heavy atom. The fraction of sp³-hybridized carbons (Fsp3) is 0.846. The zero-order chi connectivity index (χ0) is 12.9. The molecule has 0 bridgehead atoms. The van der Waals surface area contributed by atoms with Gasteiger partial charge in [0.05, 0.1) is 0 Å². The summed E-state index contributed by atoms with van der Waals surface area (Å²) in [6.07, 6.45) is 5.03. The van der Waals surface area contributed by atoms with E-state index in [0.29, 0.717) is 6.04 Å². The molecule has 0 radical (unpaired) electrons. The molecular weight excluding hydrogens is 212 g/mol. The predicted octanol–water partition coefficient (Wildman–Crippen LogP) is 2.16.